The summed E-state index contributed by atoms with van der Waals surface area (Å²) in [5.41, 5.74) is 4.05. The minimum absolute atomic E-state index is 0.0610. The first-order valence-electron chi connectivity index (χ1n) is 11.0. The van der Waals surface area contributed by atoms with Gasteiger partial charge < -0.3 is 9.15 Å². The molecule has 1 aliphatic rings. The Morgan fingerprint density at radius 1 is 1.00 bits per heavy atom. The zero-order valence-electron chi connectivity index (χ0n) is 19.0. The van der Waals surface area contributed by atoms with Crippen molar-refractivity contribution < 1.29 is 13.9 Å². The zero-order chi connectivity index (χ0) is 23.3. The number of anilines is 1. The monoisotopic (exact) mass is 440 g/mol. The minimum Gasteiger partial charge on any atom is -0.494 e. The summed E-state index contributed by atoms with van der Waals surface area (Å²) in [5, 5.41) is 0.467. The van der Waals surface area contributed by atoms with E-state index in [4.69, 9.17) is 9.15 Å². The molecule has 0 fully saturated rings. The van der Waals surface area contributed by atoms with E-state index in [0.717, 1.165) is 22.4 Å². The topological polar surface area (TPSA) is 72.6 Å². The molecule has 2 aromatic carbocycles. The van der Waals surface area contributed by atoms with Gasteiger partial charge in [-0.2, -0.15) is 0 Å². The molecule has 0 aliphatic carbocycles. The van der Waals surface area contributed by atoms with Gasteiger partial charge in [0.2, 0.25) is 5.76 Å². The summed E-state index contributed by atoms with van der Waals surface area (Å²) < 4.78 is 11.8. The highest BCUT2D eigenvalue weighted by Gasteiger charge is 2.44. The predicted molar refractivity (Wildman–Crippen MR) is 127 cm³/mol. The van der Waals surface area contributed by atoms with Crippen molar-refractivity contribution in [1.82, 2.24) is 4.98 Å². The summed E-state index contributed by atoms with van der Waals surface area (Å²) in [6, 6.07) is 15.9. The molecule has 0 saturated carbocycles. The van der Waals surface area contributed by atoms with Gasteiger partial charge in [-0.05, 0) is 80.8 Å². The number of nitrogens with zero attached hydrogens (tertiary/aromatic N) is 2. The molecule has 1 aliphatic heterocycles. The molecule has 33 heavy (non-hydrogen) atoms. The Morgan fingerprint density at radius 3 is 2.52 bits per heavy atom. The van der Waals surface area contributed by atoms with Crippen molar-refractivity contribution in [2.45, 2.75) is 33.7 Å². The molecular formula is C27H24N2O4. The predicted octanol–water partition coefficient (Wildman–Crippen LogP) is 5.26. The molecule has 0 spiro atoms. The van der Waals surface area contributed by atoms with E-state index in [1.54, 1.807) is 11.0 Å². The van der Waals surface area contributed by atoms with Gasteiger partial charge in [-0.3, -0.25) is 14.5 Å². The standard InChI is InChI=1S/C27H24N2O4/c1-5-32-19-10-7-9-18(14-19)24-23-25(30)20-12-15(2)16(3)13-21(20)33-26(23)27(31)29(24)22-11-6-8-17(4)28-22/h6-14,24H,5H2,1-4H3. The van der Waals surface area contributed by atoms with Gasteiger partial charge in [0.25, 0.3) is 5.91 Å². The Bertz CT molecular complexity index is 1470. The van der Waals surface area contributed by atoms with Gasteiger partial charge in [-0.1, -0.05) is 18.2 Å². The fourth-order valence-electron chi connectivity index (χ4n) is 4.38. The Hall–Kier alpha value is -3.93. The number of amides is 1. The molecule has 0 radical (unpaired) electrons. The van der Waals surface area contributed by atoms with E-state index in [0.29, 0.717) is 34.7 Å². The van der Waals surface area contributed by atoms with Gasteiger partial charge in [-0.15, -0.1) is 0 Å². The maximum Gasteiger partial charge on any atom is 0.296 e. The number of aromatic nitrogens is 1. The molecule has 6 heteroatoms. The average Bonchev–Trinajstić information content (AvgIpc) is 3.08. The number of fused-ring (bicyclic) bond motifs is 2. The molecule has 166 valence electrons. The third-order valence-electron chi connectivity index (χ3n) is 6.09. The van der Waals surface area contributed by atoms with E-state index in [2.05, 4.69) is 4.98 Å². The lowest BCUT2D eigenvalue weighted by molar-refractivity contribution is 0.0970. The summed E-state index contributed by atoms with van der Waals surface area (Å²) in [7, 11) is 0. The number of carbonyl (C=O) groups excluding carboxylic acids is 1. The van der Waals surface area contributed by atoms with Gasteiger partial charge >= 0.3 is 0 Å². The van der Waals surface area contributed by atoms with Crippen LogP contribution in [0, 0.1) is 20.8 Å². The summed E-state index contributed by atoms with van der Waals surface area (Å²) in [5.74, 6) is 0.816. The van der Waals surface area contributed by atoms with Crippen LogP contribution in [0.4, 0.5) is 5.82 Å². The lowest BCUT2D eigenvalue weighted by Gasteiger charge is -2.24. The SMILES string of the molecule is CCOc1cccc(C2c3c(oc4cc(C)c(C)cc4c3=O)C(=O)N2c2cccc(C)n2)c1. The van der Waals surface area contributed by atoms with Gasteiger partial charge in [-0.25, -0.2) is 4.98 Å². The van der Waals surface area contributed by atoms with Crippen molar-refractivity contribution >= 4 is 22.7 Å². The summed E-state index contributed by atoms with van der Waals surface area (Å²) in [4.78, 5) is 33.6. The van der Waals surface area contributed by atoms with E-state index in [1.165, 1.54) is 0 Å². The number of aryl methyl sites for hydroxylation is 3. The first kappa shape index (κ1) is 20.9. The highest BCUT2D eigenvalue weighted by Crippen LogP contribution is 2.41. The van der Waals surface area contributed by atoms with Crippen molar-refractivity contribution in [3.8, 4) is 5.75 Å². The molecule has 0 bridgehead atoms. The number of carbonyl (C=O) groups is 1. The quantitative estimate of drug-likeness (QED) is 0.433. The van der Waals surface area contributed by atoms with Crippen LogP contribution in [0.1, 0.15) is 51.5 Å². The number of rotatable bonds is 4. The maximum atomic E-state index is 13.8. The molecule has 0 N–H and O–H groups in total. The van der Waals surface area contributed by atoms with Crippen LogP contribution in [0.25, 0.3) is 11.0 Å². The number of benzene rings is 2. The van der Waals surface area contributed by atoms with Crippen molar-refractivity contribution in [2.75, 3.05) is 11.5 Å². The van der Waals surface area contributed by atoms with E-state index in [-0.39, 0.29) is 17.1 Å². The van der Waals surface area contributed by atoms with Crippen LogP contribution in [0.3, 0.4) is 0 Å². The van der Waals surface area contributed by atoms with Crippen molar-refractivity contribution in [2.24, 2.45) is 0 Å². The fraction of sp³-hybridized carbons (Fsp3) is 0.222. The number of pyridine rings is 1. The van der Waals surface area contributed by atoms with Crippen LogP contribution in [0.2, 0.25) is 0 Å². The minimum atomic E-state index is -0.676. The zero-order valence-corrected chi connectivity index (χ0v) is 19.0. The van der Waals surface area contributed by atoms with Crippen molar-refractivity contribution in [3.05, 3.63) is 98.5 Å². The number of hydrogen-bond donors (Lipinski definition) is 0. The van der Waals surface area contributed by atoms with E-state index in [1.807, 2.05) is 76.2 Å². The Morgan fingerprint density at radius 2 is 1.76 bits per heavy atom. The van der Waals surface area contributed by atoms with Crippen LogP contribution in [0.15, 0.2) is 63.8 Å². The van der Waals surface area contributed by atoms with Crippen LogP contribution in [-0.2, 0) is 0 Å². The van der Waals surface area contributed by atoms with Crippen molar-refractivity contribution in [1.29, 1.82) is 0 Å². The van der Waals surface area contributed by atoms with Gasteiger partial charge in [0, 0.05) is 5.69 Å². The van der Waals surface area contributed by atoms with E-state index >= 15 is 0 Å². The average molecular weight is 440 g/mol. The lowest BCUT2D eigenvalue weighted by Crippen LogP contribution is -2.30. The third-order valence-corrected chi connectivity index (χ3v) is 6.09. The van der Waals surface area contributed by atoms with Gasteiger partial charge in [0.05, 0.1) is 23.6 Å². The van der Waals surface area contributed by atoms with Gasteiger partial charge in [0.15, 0.2) is 5.43 Å². The lowest BCUT2D eigenvalue weighted by atomic mass is 9.97. The highest BCUT2D eigenvalue weighted by atomic mass is 16.5. The Labute approximate surface area is 191 Å². The Balaban J connectivity index is 1.81. The van der Waals surface area contributed by atoms with Crippen molar-refractivity contribution in [3.63, 3.8) is 0 Å². The molecule has 1 amide bonds. The second-order valence-corrected chi connectivity index (χ2v) is 8.33. The van der Waals surface area contributed by atoms with Crippen LogP contribution in [0.5, 0.6) is 5.75 Å². The number of ether oxygens (including phenoxy) is 1. The summed E-state index contributed by atoms with van der Waals surface area (Å²) in [6.07, 6.45) is 0. The van der Waals surface area contributed by atoms with Gasteiger partial charge in [0.1, 0.15) is 17.2 Å². The third kappa shape index (κ3) is 3.39. The second kappa shape index (κ2) is 7.89. The second-order valence-electron chi connectivity index (χ2n) is 8.33. The molecule has 5 rings (SSSR count). The van der Waals surface area contributed by atoms with Crippen LogP contribution < -0.4 is 15.1 Å². The highest BCUT2D eigenvalue weighted by molar-refractivity contribution is 6.10. The molecule has 0 saturated heterocycles. The number of hydrogen-bond acceptors (Lipinski definition) is 5. The first-order valence-corrected chi connectivity index (χ1v) is 11.0. The first-order chi connectivity index (χ1) is 15.9. The molecule has 2 aromatic heterocycles. The summed E-state index contributed by atoms with van der Waals surface area (Å²) in [6.45, 7) is 8.20. The van der Waals surface area contributed by atoms with Crippen LogP contribution >= 0.6 is 0 Å². The largest absolute Gasteiger partial charge is 0.494 e. The molecule has 4 aromatic rings. The molecule has 1 unspecified atom stereocenters. The van der Waals surface area contributed by atoms with E-state index in [9.17, 15) is 9.59 Å². The summed E-state index contributed by atoms with van der Waals surface area (Å²) >= 11 is 0. The molecular weight excluding hydrogens is 416 g/mol. The van der Waals surface area contributed by atoms with Crippen LogP contribution in [-0.4, -0.2) is 17.5 Å². The van der Waals surface area contributed by atoms with E-state index < -0.39 is 6.04 Å². The normalized spacial score (nSPS) is 15.2. The smallest absolute Gasteiger partial charge is 0.296 e. The molecule has 1 atom stereocenters. The Kier molecular flexibility index (Phi) is 5.01. The molecule has 6 nitrogen and oxygen atoms in total. The fourth-order valence-corrected chi connectivity index (χ4v) is 4.38. The maximum absolute atomic E-state index is 13.8. The molecule has 3 heterocycles.